The van der Waals surface area contributed by atoms with E-state index in [4.69, 9.17) is 16.6 Å². The van der Waals surface area contributed by atoms with Crippen LogP contribution < -0.4 is 11.5 Å². The van der Waals surface area contributed by atoms with Gasteiger partial charge in [-0.3, -0.25) is 0 Å². The Bertz CT molecular complexity index is 253. The molecule has 0 aliphatic heterocycles. The third-order valence-electron chi connectivity index (χ3n) is 1.87. The molecule has 0 heterocycles. The lowest BCUT2D eigenvalue weighted by atomic mass is 10.2. The molecule has 0 amide bonds. The van der Waals surface area contributed by atoms with Crippen molar-refractivity contribution in [3.63, 3.8) is 0 Å². The van der Waals surface area contributed by atoms with Crippen molar-refractivity contribution in [2.24, 2.45) is 11.5 Å². The smallest absolute Gasteiger partial charge is 0.295 e. The van der Waals surface area contributed by atoms with Gasteiger partial charge in [0.25, 0.3) is 10.1 Å². The lowest BCUT2D eigenvalue weighted by Crippen LogP contribution is -2.31. The van der Waals surface area contributed by atoms with Gasteiger partial charge in [-0.05, 0) is 32.7 Å². The van der Waals surface area contributed by atoms with Crippen LogP contribution >= 0.6 is 0 Å². The van der Waals surface area contributed by atoms with E-state index in [0.717, 1.165) is 26.2 Å². The first-order valence-electron chi connectivity index (χ1n) is 4.96. The van der Waals surface area contributed by atoms with Gasteiger partial charge >= 0.3 is 0 Å². The Labute approximate surface area is 90.7 Å². The van der Waals surface area contributed by atoms with Crippen LogP contribution in [0.4, 0.5) is 0 Å². The maximum absolute atomic E-state index is 11.1. The van der Waals surface area contributed by atoms with Gasteiger partial charge in [0.1, 0.15) is 6.23 Å². The summed E-state index contributed by atoms with van der Waals surface area (Å²) in [5, 5.41) is 8.85. The van der Waals surface area contributed by atoms with Gasteiger partial charge in [-0.15, -0.1) is 0 Å². The molecule has 92 valence electrons. The van der Waals surface area contributed by atoms with E-state index in [1.165, 1.54) is 0 Å². The number of rotatable bonds is 8. The minimum atomic E-state index is -3.93. The Kier molecular flexibility index (Phi) is 7.03. The number of hydrogen-bond acceptors (Lipinski definition) is 6. The molecule has 0 fully saturated rings. The van der Waals surface area contributed by atoms with Crippen LogP contribution in [-0.2, 0) is 14.3 Å². The van der Waals surface area contributed by atoms with E-state index in [0.29, 0.717) is 13.0 Å². The second kappa shape index (κ2) is 7.13. The maximum atomic E-state index is 11.1. The highest BCUT2D eigenvalue weighted by atomic mass is 32.2. The summed E-state index contributed by atoms with van der Waals surface area (Å²) in [5.74, 6) is 0. The summed E-state index contributed by atoms with van der Waals surface area (Å²) in [4.78, 5) is 0. The van der Waals surface area contributed by atoms with E-state index < -0.39 is 21.8 Å². The van der Waals surface area contributed by atoms with Crippen LogP contribution in [0, 0.1) is 0 Å². The van der Waals surface area contributed by atoms with Gasteiger partial charge < -0.3 is 16.6 Å². The largest absolute Gasteiger partial charge is 0.375 e. The summed E-state index contributed by atoms with van der Waals surface area (Å²) in [5.41, 5.74) is 9.18. The molecule has 0 aliphatic rings. The van der Waals surface area contributed by atoms with Crippen LogP contribution in [0.3, 0.4) is 0 Å². The molecule has 0 saturated carbocycles. The van der Waals surface area contributed by atoms with E-state index in [-0.39, 0.29) is 0 Å². The van der Waals surface area contributed by atoms with Crippen LogP contribution in [0.25, 0.3) is 0 Å². The minimum absolute atomic E-state index is 0.436. The van der Waals surface area contributed by atoms with Gasteiger partial charge in [-0.1, -0.05) is 6.42 Å². The second-order valence-corrected chi connectivity index (χ2v) is 5.23. The Morgan fingerprint density at radius 3 is 2.40 bits per heavy atom. The minimum Gasteiger partial charge on any atom is -0.375 e. The summed E-state index contributed by atoms with van der Waals surface area (Å²) in [6.07, 6.45) is 2.08. The molecular weight excluding hydrogens is 220 g/mol. The number of hydrogen-bond donors (Lipinski definition) is 3. The molecule has 0 spiro atoms. The SMILES string of the molecule is CC(O)S(=O)(=O)OC(N)CCCCCN. The second-order valence-electron chi connectivity index (χ2n) is 3.36. The van der Waals surface area contributed by atoms with E-state index in [2.05, 4.69) is 4.18 Å². The fourth-order valence-electron chi connectivity index (χ4n) is 0.967. The molecule has 2 atom stereocenters. The quantitative estimate of drug-likeness (QED) is 0.298. The third kappa shape index (κ3) is 6.80. The van der Waals surface area contributed by atoms with Gasteiger partial charge in [0.2, 0.25) is 0 Å². The summed E-state index contributed by atoms with van der Waals surface area (Å²) >= 11 is 0. The molecular formula is C8H20N2O4S. The lowest BCUT2D eigenvalue weighted by molar-refractivity contribution is 0.171. The van der Waals surface area contributed by atoms with E-state index in [1.54, 1.807) is 0 Å². The first kappa shape index (κ1) is 14.8. The number of aliphatic hydroxyl groups is 1. The molecule has 0 aromatic rings. The Morgan fingerprint density at radius 2 is 1.93 bits per heavy atom. The zero-order valence-electron chi connectivity index (χ0n) is 8.93. The summed E-state index contributed by atoms with van der Waals surface area (Å²) in [6.45, 7) is 1.73. The molecule has 0 aliphatic carbocycles. The number of aliphatic hydroxyl groups excluding tert-OH is 1. The van der Waals surface area contributed by atoms with Gasteiger partial charge in [-0.25, -0.2) is 4.18 Å². The predicted molar refractivity (Wildman–Crippen MR) is 57.2 cm³/mol. The molecule has 0 saturated heterocycles. The monoisotopic (exact) mass is 240 g/mol. The van der Waals surface area contributed by atoms with Crippen molar-refractivity contribution in [3.8, 4) is 0 Å². The van der Waals surface area contributed by atoms with E-state index >= 15 is 0 Å². The average Bonchev–Trinajstić information content (AvgIpc) is 2.11. The summed E-state index contributed by atoms with van der Waals surface area (Å²) in [6, 6.07) is 0. The molecule has 5 N–H and O–H groups in total. The van der Waals surface area contributed by atoms with Crippen molar-refractivity contribution in [1.82, 2.24) is 0 Å². The van der Waals surface area contributed by atoms with E-state index in [1.807, 2.05) is 0 Å². The highest BCUT2D eigenvalue weighted by Gasteiger charge is 2.21. The van der Waals surface area contributed by atoms with Gasteiger partial charge in [0, 0.05) is 0 Å². The third-order valence-corrected chi connectivity index (χ3v) is 3.22. The van der Waals surface area contributed by atoms with Crippen LogP contribution in [0.15, 0.2) is 0 Å². The molecule has 0 bridgehead atoms. The molecule has 6 nitrogen and oxygen atoms in total. The van der Waals surface area contributed by atoms with Gasteiger partial charge in [0.15, 0.2) is 5.44 Å². The topological polar surface area (TPSA) is 116 Å². The Morgan fingerprint density at radius 1 is 1.33 bits per heavy atom. The predicted octanol–water partition coefficient (Wildman–Crippen LogP) is -0.525. The molecule has 0 aromatic carbocycles. The fraction of sp³-hybridized carbons (Fsp3) is 1.00. The van der Waals surface area contributed by atoms with Crippen LogP contribution in [0.1, 0.15) is 32.6 Å². The summed E-state index contributed by atoms with van der Waals surface area (Å²) < 4.78 is 26.7. The fourth-order valence-corrected chi connectivity index (χ4v) is 1.57. The van der Waals surface area contributed by atoms with Crippen LogP contribution in [0.5, 0.6) is 0 Å². The number of unbranched alkanes of at least 4 members (excludes halogenated alkanes) is 2. The molecule has 15 heavy (non-hydrogen) atoms. The van der Waals surface area contributed by atoms with Crippen LogP contribution in [-0.4, -0.2) is 31.7 Å². The molecule has 0 aromatic heterocycles. The standard InChI is InChI=1S/C8H20N2O4S/c1-7(11)15(12,13)14-8(10)5-3-2-4-6-9/h7-8,11H,2-6,9-10H2,1H3. The average molecular weight is 240 g/mol. The van der Waals surface area contributed by atoms with Crippen molar-refractivity contribution >= 4 is 10.1 Å². The van der Waals surface area contributed by atoms with Crippen molar-refractivity contribution in [1.29, 1.82) is 0 Å². The summed E-state index contributed by atoms with van der Waals surface area (Å²) in [7, 11) is -3.93. The molecule has 7 heteroatoms. The Hall–Kier alpha value is -0.210. The Balaban J connectivity index is 3.79. The van der Waals surface area contributed by atoms with Gasteiger partial charge in [-0.2, -0.15) is 8.42 Å². The maximum Gasteiger partial charge on any atom is 0.295 e. The first-order valence-corrected chi connectivity index (χ1v) is 6.43. The zero-order chi connectivity index (χ0) is 11.9. The van der Waals surface area contributed by atoms with Crippen LogP contribution in [0.2, 0.25) is 0 Å². The lowest BCUT2D eigenvalue weighted by Gasteiger charge is -2.13. The zero-order valence-corrected chi connectivity index (χ0v) is 9.74. The number of nitrogens with two attached hydrogens (primary N) is 2. The van der Waals surface area contributed by atoms with Crippen molar-refractivity contribution in [3.05, 3.63) is 0 Å². The molecule has 2 unspecified atom stereocenters. The normalized spacial score (nSPS) is 16.3. The van der Waals surface area contributed by atoms with Crippen molar-refractivity contribution < 1.29 is 17.7 Å². The highest BCUT2D eigenvalue weighted by Crippen LogP contribution is 2.08. The van der Waals surface area contributed by atoms with E-state index in [9.17, 15) is 8.42 Å². The molecule has 0 radical (unpaired) electrons. The highest BCUT2D eigenvalue weighted by molar-refractivity contribution is 7.87. The van der Waals surface area contributed by atoms with Crippen molar-refractivity contribution in [2.45, 2.75) is 44.3 Å². The van der Waals surface area contributed by atoms with Crippen molar-refractivity contribution in [2.75, 3.05) is 6.54 Å². The molecule has 0 rings (SSSR count). The first-order chi connectivity index (χ1) is 6.90. The van der Waals surface area contributed by atoms with Gasteiger partial charge in [0.05, 0.1) is 0 Å².